The second kappa shape index (κ2) is 4.77. The Labute approximate surface area is 109 Å². The van der Waals surface area contributed by atoms with E-state index < -0.39 is 15.8 Å². The van der Waals surface area contributed by atoms with Crippen molar-refractivity contribution >= 4 is 15.8 Å². The molecule has 2 rings (SSSR count). The first-order valence-corrected chi connectivity index (χ1v) is 7.13. The highest BCUT2D eigenvalue weighted by atomic mass is 32.2. The summed E-state index contributed by atoms with van der Waals surface area (Å²) in [5, 5.41) is 8.68. The van der Waals surface area contributed by atoms with E-state index in [1.54, 1.807) is 12.1 Å². The minimum Gasteiger partial charge on any atom is -0.475 e. The van der Waals surface area contributed by atoms with E-state index in [1.165, 1.54) is 24.5 Å². The highest BCUT2D eigenvalue weighted by Gasteiger charge is 2.09. The normalized spacial score (nSPS) is 11.2. The van der Waals surface area contributed by atoms with E-state index in [0.717, 1.165) is 6.26 Å². The molecule has 0 spiro atoms. The Hall–Kier alpha value is -2.28. The van der Waals surface area contributed by atoms with Crippen LogP contribution in [0, 0.1) is 0 Å². The van der Waals surface area contributed by atoms with Gasteiger partial charge >= 0.3 is 5.97 Å². The zero-order valence-electron chi connectivity index (χ0n) is 9.94. The third-order valence-electron chi connectivity index (χ3n) is 2.46. The van der Waals surface area contributed by atoms with Crippen molar-refractivity contribution in [1.29, 1.82) is 0 Å². The molecule has 0 atom stereocenters. The molecule has 98 valence electrons. The summed E-state index contributed by atoms with van der Waals surface area (Å²) in [5.74, 6) is -1.48. The summed E-state index contributed by atoms with van der Waals surface area (Å²) >= 11 is 0. The van der Waals surface area contributed by atoms with Crippen molar-refractivity contribution in [2.24, 2.45) is 0 Å². The molecule has 2 aromatic rings. The Morgan fingerprint density at radius 1 is 1.05 bits per heavy atom. The number of benzene rings is 1. The van der Waals surface area contributed by atoms with Gasteiger partial charge in [0.1, 0.15) is 0 Å². The third-order valence-corrected chi connectivity index (χ3v) is 3.59. The predicted octanol–water partition coefficient (Wildman–Crippen LogP) is 1.25. The average Bonchev–Trinajstić information content (AvgIpc) is 2.38. The Kier molecular flexibility index (Phi) is 3.30. The van der Waals surface area contributed by atoms with Crippen molar-refractivity contribution in [3.8, 4) is 11.1 Å². The lowest BCUT2D eigenvalue weighted by Gasteiger charge is -2.03. The second-order valence-electron chi connectivity index (χ2n) is 3.90. The number of nitrogens with zero attached hydrogens (tertiary/aromatic N) is 2. The van der Waals surface area contributed by atoms with Crippen LogP contribution in [0.25, 0.3) is 11.1 Å². The molecule has 0 aliphatic rings. The van der Waals surface area contributed by atoms with Gasteiger partial charge in [0, 0.05) is 24.2 Å². The molecule has 19 heavy (non-hydrogen) atoms. The second-order valence-corrected chi connectivity index (χ2v) is 5.91. The van der Waals surface area contributed by atoms with Gasteiger partial charge in [0.2, 0.25) is 5.82 Å². The van der Waals surface area contributed by atoms with E-state index in [4.69, 9.17) is 5.11 Å². The first-order chi connectivity index (χ1) is 8.88. The molecule has 7 heteroatoms. The monoisotopic (exact) mass is 278 g/mol. The maximum atomic E-state index is 11.3. The molecule has 6 nitrogen and oxygen atoms in total. The molecule has 1 N–H and O–H groups in total. The third kappa shape index (κ3) is 2.94. The Morgan fingerprint density at radius 3 is 2.00 bits per heavy atom. The standard InChI is InChI=1S/C12H10N2O4S/c1-19(17,18)10-4-2-8(3-5-10)9-6-13-11(12(15)16)14-7-9/h2-7H,1H3,(H,15,16). The fourth-order valence-corrected chi connectivity index (χ4v) is 2.11. The van der Waals surface area contributed by atoms with Crippen LogP contribution in [-0.2, 0) is 9.84 Å². The summed E-state index contributed by atoms with van der Waals surface area (Å²) in [6.07, 6.45) is 3.89. The van der Waals surface area contributed by atoms with E-state index >= 15 is 0 Å². The molecule has 0 unspecified atom stereocenters. The van der Waals surface area contributed by atoms with E-state index in [9.17, 15) is 13.2 Å². The number of carboxylic acids is 1. The Bertz CT molecular complexity index is 706. The summed E-state index contributed by atoms with van der Waals surface area (Å²) in [6, 6.07) is 6.20. The smallest absolute Gasteiger partial charge is 0.373 e. The number of carboxylic acid groups (broad SMARTS) is 1. The van der Waals surface area contributed by atoms with Crippen LogP contribution in [0.15, 0.2) is 41.6 Å². The number of hydrogen-bond donors (Lipinski definition) is 1. The summed E-state index contributed by atoms with van der Waals surface area (Å²) in [4.78, 5) is 18.2. The van der Waals surface area contributed by atoms with Crippen LogP contribution in [-0.4, -0.2) is 35.7 Å². The van der Waals surface area contributed by atoms with Crippen molar-refractivity contribution in [1.82, 2.24) is 9.97 Å². The van der Waals surface area contributed by atoms with Gasteiger partial charge in [-0.1, -0.05) is 12.1 Å². The molecule has 1 aromatic carbocycles. The largest absolute Gasteiger partial charge is 0.475 e. The summed E-state index contributed by atoms with van der Waals surface area (Å²) in [5.41, 5.74) is 1.33. The summed E-state index contributed by atoms with van der Waals surface area (Å²) in [6.45, 7) is 0. The SMILES string of the molecule is CS(=O)(=O)c1ccc(-c2cnc(C(=O)O)nc2)cc1. The molecule has 0 saturated heterocycles. The van der Waals surface area contributed by atoms with Crippen LogP contribution in [0.1, 0.15) is 10.6 Å². The van der Waals surface area contributed by atoms with Crippen LogP contribution in [0.5, 0.6) is 0 Å². The molecule has 0 aliphatic carbocycles. The number of aromatic carboxylic acids is 1. The van der Waals surface area contributed by atoms with Gasteiger partial charge < -0.3 is 5.11 Å². The first-order valence-electron chi connectivity index (χ1n) is 5.24. The average molecular weight is 278 g/mol. The highest BCUT2D eigenvalue weighted by molar-refractivity contribution is 7.90. The predicted molar refractivity (Wildman–Crippen MR) is 67.5 cm³/mol. The number of hydrogen-bond acceptors (Lipinski definition) is 5. The van der Waals surface area contributed by atoms with Gasteiger partial charge in [-0.25, -0.2) is 23.2 Å². The van der Waals surface area contributed by atoms with E-state index in [2.05, 4.69) is 9.97 Å². The Balaban J connectivity index is 2.35. The van der Waals surface area contributed by atoms with Crippen molar-refractivity contribution in [2.45, 2.75) is 4.90 Å². The van der Waals surface area contributed by atoms with Crippen LogP contribution < -0.4 is 0 Å². The molecule has 0 radical (unpaired) electrons. The van der Waals surface area contributed by atoms with Crippen LogP contribution in [0.4, 0.5) is 0 Å². The van der Waals surface area contributed by atoms with Gasteiger partial charge in [0.25, 0.3) is 0 Å². The van der Waals surface area contributed by atoms with Crippen LogP contribution >= 0.6 is 0 Å². The van der Waals surface area contributed by atoms with Crippen LogP contribution in [0.2, 0.25) is 0 Å². The maximum absolute atomic E-state index is 11.3. The number of carbonyl (C=O) groups is 1. The molecule has 0 amide bonds. The zero-order valence-corrected chi connectivity index (χ0v) is 10.8. The van der Waals surface area contributed by atoms with Crippen molar-refractivity contribution in [2.75, 3.05) is 6.26 Å². The molecule has 0 aliphatic heterocycles. The van der Waals surface area contributed by atoms with Gasteiger partial charge in [-0.3, -0.25) is 0 Å². The van der Waals surface area contributed by atoms with Crippen molar-refractivity contribution < 1.29 is 18.3 Å². The fraction of sp³-hybridized carbons (Fsp3) is 0.0833. The van der Waals surface area contributed by atoms with Gasteiger partial charge in [0.05, 0.1) is 4.90 Å². The van der Waals surface area contributed by atoms with Gasteiger partial charge in [-0.15, -0.1) is 0 Å². The highest BCUT2D eigenvalue weighted by Crippen LogP contribution is 2.19. The minimum absolute atomic E-state index is 0.222. The quantitative estimate of drug-likeness (QED) is 0.907. The molecule has 0 saturated carbocycles. The van der Waals surface area contributed by atoms with Gasteiger partial charge in [-0.05, 0) is 17.7 Å². The minimum atomic E-state index is -3.23. The lowest BCUT2D eigenvalue weighted by Crippen LogP contribution is -2.03. The van der Waals surface area contributed by atoms with Crippen molar-refractivity contribution in [3.05, 3.63) is 42.5 Å². The first kappa shape index (κ1) is 13.2. The summed E-state index contributed by atoms with van der Waals surface area (Å²) < 4.78 is 22.6. The van der Waals surface area contributed by atoms with Crippen molar-refractivity contribution in [3.63, 3.8) is 0 Å². The number of sulfone groups is 1. The molecule has 1 heterocycles. The molecule has 0 bridgehead atoms. The molecular weight excluding hydrogens is 268 g/mol. The van der Waals surface area contributed by atoms with Gasteiger partial charge in [-0.2, -0.15) is 0 Å². The summed E-state index contributed by atoms with van der Waals surface area (Å²) in [7, 11) is -3.23. The lowest BCUT2D eigenvalue weighted by atomic mass is 10.1. The van der Waals surface area contributed by atoms with E-state index in [0.29, 0.717) is 11.1 Å². The maximum Gasteiger partial charge on any atom is 0.373 e. The molecule has 0 fully saturated rings. The topological polar surface area (TPSA) is 97.2 Å². The molecule has 1 aromatic heterocycles. The Morgan fingerprint density at radius 2 is 1.58 bits per heavy atom. The number of rotatable bonds is 3. The lowest BCUT2D eigenvalue weighted by molar-refractivity contribution is 0.0683. The van der Waals surface area contributed by atoms with Crippen LogP contribution in [0.3, 0.4) is 0 Å². The van der Waals surface area contributed by atoms with E-state index in [-0.39, 0.29) is 10.7 Å². The van der Waals surface area contributed by atoms with E-state index in [1.807, 2.05) is 0 Å². The number of aromatic nitrogens is 2. The zero-order chi connectivity index (χ0) is 14.0. The van der Waals surface area contributed by atoms with Gasteiger partial charge in [0.15, 0.2) is 9.84 Å². The molecular formula is C12H10N2O4S. The fourth-order valence-electron chi connectivity index (χ4n) is 1.48.